The fourth-order valence-electron chi connectivity index (χ4n) is 3.17. The van der Waals surface area contributed by atoms with Crippen molar-refractivity contribution < 1.29 is 19.1 Å². The van der Waals surface area contributed by atoms with E-state index < -0.39 is 6.04 Å². The van der Waals surface area contributed by atoms with Gasteiger partial charge in [-0.15, -0.1) is 11.8 Å². The third-order valence-electron chi connectivity index (χ3n) is 4.69. The van der Waals surface area contributed by atoms with Crippen LogP contribution in [0.15, 0.2) is 48.5 Å². The van der Waals surface area contributed by atoms with E-state index in [1.165, 1.54) is 6.92 Å². The largest absolute Gasteiger partial charge is 0.497 e. The maximum Gasteiger partial charge on any atom is 0.243 e. The van der Waals surface area contributed by atoms with E-state index in [-0.39, 0.29) is 17.2 Å². The van der Waals surface area contributed by atoms with Gasteiger partial charge in [0.1, 0.15) is 22.9 Å². The van der Waals surface area contributed by atoms with Crippen molar-refractivity contribution in [2.24, 2.45) is 0 Å². The van der Waals surface area contributed by atoms with Crippen LogP contribution in [0.4, 0.5) is 0 Å². The zero-order valence-corrected chi connectivity index (χ0v) is 17.0. The Hall–Kier alpha value is -2.67. The third kappa shape index (κ3) is 4.42. The van der Waals surface area contributed by atoms with Gasteiger partial charge in [-0.1, -0.05) is 24.3 Å². The highest BCUT2D eigenvalue weighted by Crippen LogP contribution is 2.41. The van der Waals surface area contributed by atoms with Crippen LogP contribution in [0.1, 0.15) is 23.4 Å². The average molecular weight is 401 g/mol. The fraction of sp³-hybridized carbons (Fsp3) is 0.333. The molecule has 1 fully saturated rings. The van der Waals surface area contributed by atoms with E-state index in [9.17, 15) is 9.59 Å². The van der Waals surface area contributed by atoms with E-state index in [4.69, 9.17) is 9.47 Å². The Morgan fingerprint density at radius 1 is 1.04 bits per heavy atom. The lowest BCUT2D eigenvalue weighted by atomic mass is 10.1. The lowest BCUT2D eigenvalue weighted by Crippen LogP contribution is -2.47. The highest BCUT2D eigenvalue weighted by Gasteiger charge is 2.40. The Morgan fingerprint density at radius 2 is 1.61 bits per heavy atom. The summed E-state index contributed by atoms with van der Waals surface area (Å²) in [6.07, 6.45) is 0. The quantitative estimate of drug-likeness (QED) is 0.807. The topological polar surface area (TPSA) is 67.9 Å². The SMILES string of the molecule is COc1ccc(CNC(=O)[C@H]2CS[C@H](c3ccc(OC)cc3)N2C(C)=O)cc1. The molecule has 7 heteroatoms. The lowest BCUT2D eigenvalue weighted by molar-refractivity contribution is -0.138. The molecular weight excluding hydrogens is 376 g/mol. The van der Waals surface area contributed by atoms with Crippen molar-refractivity contribution in [2.75, 3.05) is 20.0 Å². The Labute approximate surface area is 169 Å². The molecule has 0 saturated carbocycles. The van der Waals surface area contributed by atoms with Gasteiger partial charge in [-0.3, -0.25) is 9.59 Å². The van der Waals surface area contributed by atoms with Gasteiger partial charge in [-0.25, -0.2) is 0 Å². The summed E-state index contributed by atoms with van der Waals surface area (Å²) in [6.45, 7) is 1.91. The van der Waals surface area contributed by atoms with Crippen molar-refractivity contribution in [1.29, 1.82) is 0 Å². The molecule has 6 nitrogen and oxygen atoms in total. The fourth-order valence-corrected chi connectivity index (χ4v) is 4.65. The van der Waals surface area contributed by atoms with Crippen LogP contribution < -0.4 is 14.8 Å². The second-order valence-corrected chi connectivity index (χ2v) is 7.58. The number of amides is 2. The van der Waals surface area contributed by atoms with Crippen molar-refractivity contribution in [2.45, 2.75) is 24.9 Å². The van der Waals surface area contributed by atoms with Gasteiger partial charge < -0.3 is 19.7 Å². The molecule has 0 spiro atoms. The minimum atomic E-state index is -0.493. The molecule has 28 heavy (non-hydrogen) atoms. The smallest absolute Gasteiger partial charge is 0.243 e. The van der Waals surface area contributed by atoms with Crippen molar-refractivity contribution in [1.82, 2.24) is 10.2 Å². The molecule has 2 amide bonds. The third-order valence-corrected chi connectivity index (χ3v) is 6.02. The minimum Gasteiger partial charge on any atom is -0.497 e. The molecule has 0 unspecified atom stereocenters. The number of carbonyl (C=O) groups is 2. The molecule has 148 valence electrons. The molecule has 3 rings (SSSR count). The first-order valence-electron chi connectivity index (χ1n) is 8.98. The molecule has 0 aliphatic carbocycles. The van der Waals surface area contributed by atoms with E-state index in [1.54, 1.807) is 30.9 Å². The highest BCUT2D eigenvalue weighted by molar-refractivity contribution is 7.99. The predicted octanol–water partition coefficient (Wildman–Crippen LogP) is 2.98. The molecule has 0 aromatic heterocycles. The Kier molecular flexibility index (Phi) is 6.46. The van der Waals surface area contributed by atoms with Gasteiger partial charge in [0.15, 0.2) is 0 Å². The highest BCUT2D eigenvalue weighted by atomic mass is 32.2. The van der Waals surface area contributed by atoms with Gasteiger partial charge in [-0.2, -0.15) is 0 Å². The summed E-state index contributed by atoms with van der Waals surface area (Å²) in [4.78, 5) is 26.7. The molecule has 1 aliphatic heterocycles. The van der Waals surface area contributed by atoms with E-state index in [1.807, 2.05) is 48.5 Å². The number of ether oxygens (including phenoxy) is 2. The maximum atomic E-state index is 12.8. The summed E-state index contributed by atoms with van der Waals surface area (Å²) < 4.78 is 10.3. The monoisotopic (exact) mass is 400 g/mol. The summed E-state index contributed by atoms with van der Waals surface area (Å²) in [6, 6.07) is 14.6. The maximum absolute atomic E-state index is 12.8. The Balaban J connectivity index is 1.67. The zero-order chi connectivity index (χ0) is 20.1. The Morgan fingerprint density at radius 3 is 2.14 bits per heavy atom. The normalized spacial score (nSPS) is 18.6. The number of methoxy groups -OCH3 is 2. The van der Waals surface area contributed by atoms with Crippen LogP contribution in [0.25, 0.3) is 0 Å². The average Bonchev–Trinajstić information content (AvgIpc) is 3.18. The number of thioether (sulfide) groups is 1. The first-order valence-corrected chi connectivity index (χ1v) is 10.0. The van der Waals surface area contributed by atoms with E-state index in [2.05, 4.69) is 5.32 Å². The summed E-state index contributed by atoms with van der Waals surface area (Å²) in [7, 11) is 3.23. The predicted molar refractivity (Wildman–Crippen MR) is 109 cm³/mol. The van der Waals surface area contributed by atoms with Crippen LogP contribution in [-0.2, 0) is 16.1 Å². The number of hydrogen-bond acceptors (Lipinski definition) is 5. The summed E-state index contributed by atoms with van der Waals surface area (Å²) in [5.74, 6) is 1.83. The molecule has 1 heterocycles. The van der Waals surface area contributed by atoms with Gasteiger partial charge in [0.25, 0.3) is 0 Å². The van der Waals surface area contributed by atoms with Crippen LogP contribution in [0.2, 0.25) is 0 Å². The second-order valence-electron chi connectivity index (χ2n) is 6.47. The zero-order valence-electron chi connectivity index (χ0n) is 16.2. The van der Waals surface area contributed by atoms with Gasteiger partial charge in [0.05, 0.1) is 14.2 Å². The number of nitrogens with zero attached hydrogens (tertiary/aromatic N) is 1. The van der Waals surface area contributed by atoms with Gasteiger partial charge in [0.2, 0.25) is 11.8 Å². The van der Waals surface area contributed by atoms with E-state index >= 15 is 0 Å². The van der Waals surface area contributed by atoms with Crippen molar-refractivity contribution in [3.63, 3.8) is 0 Å². The molecule has 1 saturated heterocycles. The van der Waals surface area contributed by atoms with Crippen LogP contribution in [0, 0.1) is 0 Å². The molecule has 1 N–H and O–H groups in total. The number of nitrogens with one attached hydrogen (secondary N) is 1. The van der Waals surface area contributed by atoms with E-state index in [0.717, 1.165) is 22.6 Å². The van der Waals surface area contributed by atoms with E-state index in [0.29, 0.717) is 12.3 Å². The molecule has 1 aliphatic rings. The van der Waals surface area contributed by atoms with Crippen LogP contribution in [0.3, 0.4) is 0 Å². The summed E-state index contributed by atoms with van der Waals surface area (Å²) >= 11 is 1.60. The van der Waals surface area contributed by atoms with Crippen molar-refractivity contribution in [3.05, 3.63) is 59.7 Å². The first kappa shape index (κ1) is 20.1. The van der Waals surface area contributed by atoms with Gasteiger partial charge in [0, 0.05) is 19.2 Å². The Bertz CT molecular complexity index is 823. The number of benzene rings is 2. The molecule has 2 atom stereocenters. The van der Waals surface area contributed by atoms with Crippen LogP contribution in [-0.4, -0.2) is 42.7 Å². The van der Waals surface area contributed by atoms with Crippen LogP contribution in [0.5, 0.6) is 11.5 Å². The van der Waals surface area contributed by atoms with Gasteiger partial charge in [-0.05, 0) is 35.4 Å². The number of carbonyl (C=O) groups excluding carboxylic acids is 2. The van der Waals surface area contributed by atoms with Gasteiger partial charge >= 0.3 is 0 Å². The molecule has 2 aromatic rings. The van der Waals surface area contributed by atoms with Crippen molar-refractivity contribution in [3.8, 4) is 11.5 Å². The lowest BCUT2D eigenvalue weighted by Gasteiger charge is -2.28. The number of rotatable bonds is 6. The summed E-state index contributed by atoms with van der Waals surface area (Å²) in [5.41, 5.74) is 1.95. The number of hydrogen-bond donors (Lipinski definition) is 1. The molecule has 0 bridgehead atoms. The first-order chi connectivity index (χ1) is 13.5. The summed E-state index contributed by atoms with van der Waals surface area (Å²) in [5, 5.41) is 2.77. The molecule has 2 aromatic carbocycles. The molecular formula is C21H24N2O4S. The van der Waals surface area contributed by atoms with Crippen molar-refractivity contribution >= 4 is 23.6 Å². The minimum absolute atomic E-state index is 0.115. The molecule has 0 radical (unpaired) electrons. The standard InChI is InChI=1S/C21H24N2O4S/c1-14(24)23-19(13-28-21(23)16-6-10-18(27-3)11-7-16)20(25)22-12-15-4-8-17(26-2)9-5-15/h4-11,19,21H,12-13H2,1-3H3,(H,22,25)/t19-,21-/m1/s1. The second kappa shape index (κ2) is 9.01. The van der Waals surface area contributed by atoms with Crippen LogP contribution >= 0.6 is 11.8 Å².